The van der Waals surface area contributed by atoms with E-state index in [9.17, 15) is 0 Å². The molecule has 2 aromatic carbocycles. The minimum absolute atomic E-state index is 0.546. The lowest BCUT2D eigenvalue weighted by Crippen LogP contribution is -2.06. The van der Waals surface area contributed by atoms with Crippen LogP contribution >= 0.6 is 0 Å². The topological polar surface area (TPSA) is 72.0 Å². The zero-order chi connectivity index (χ0) is 20.6. The first-order valence-corrected chi connectivity index (χ1v) is 9.78. The Balaban J connectivity index is 1.37. The van der Waals surface area contributed by atoms with Gasteiger partial charge in [0, 0.05) is 18.0 Å². The van der Waals surface area contributed by atoms with Crippen molar-refractivity contribution >= 4 is 17.3 Å². The van der Waals surface area contributed by atoms with Gasteiger partial charge in [-0.3, -0.25) is 4.98 Å². The third-order valence-corrected chi connectivity index (χ3v) is 4.39. The molecule has 0 unspecified atom stereocenters. The van der Waals surface area contributed by atoms with Crippen LogP contribution in [0.25, 0.3) is 0 Å². The maximum Gasteiger partial charge on any atom is 0.136 e. The van der Waals surface area contributed by atoms with Crippen molar-refractivity contribution in [3.05, 3.63) is 102 Å². The van der Waals surface area contributed by atoms with Crippen molar-refractivity contribution < 1.29 is 4.74 Å². The number of hydrogen-bond donors (Lipinski definition) is 2. The fourth-order valence-electron chi connectivity index (χ4n) is 2.93. The number of benzene rings is 2. The SMILES string of the molecule is Cc1nc(NCc2ccccn2)cc(Nc2ccc(OCc3ccccc3)cc2)n1. The van der Waals surface area contributed by atoms with E-state index in [-0.39, 0.29) is 0 Å². The molecule has 4 aromatic rings. The van der Waals surface area contributed by atoms with Gasteiger partial charge in [0.05, 0.1) is 12.2 Å². The molecule has 0 saturated heterocycles. The van der Waals surface area contributed by atoms with Gasteiger partial charge in [-0.1, -0.05) is 36.4 Å². The molecule has 0 aliphatic rings. The number of anilines is 3. The number of hydrogen-bond acceptors (Lipinski definition) is 6. The van der Waals surface area contributed by atoms with Crippen LogP contribution in [0.3, 0.4) is 0 Å². The van der Waals surface area contributed by atoms with Gasteiger partial charge in [-0.25, -0.2) is 9.97 Å². The summed E-state index contributed by atoms with van der Waals surface area (Å²) in [5.74, 6) is 2.98. The molecule has 0 amide bonds. The minimum Gasteiger partial charge on any atom is -0.489 e. The molecule has 2 N–H and O–H groups in total. The van der Waals surface area contributed by atoms with E-state index in [4.69, 9.17) is 4.74 Å². The average molecular weight is 397 g/mol. The van der Waals surface area contributed by atoms with E-state index in [0.29, 0.717) is 19.0 Å². The molecular weight excluding hydrogens is 374 g/mol. The first-order valence-electron chi connectivity index (χ1n) is 9.78. The lowest BCUT2D eigenvalue weighted by molar-refractivity contribution is 0.306. The average Bonchev–Trinajstić information content (AvgIpc) is 2.78. The van der Waals surface area contributed by atoms with Crippen LogP contribution < -0.4 is 15.4 Å². The van der Waals surface area contributed by atoms with Gasteiger partial charge in [0.2, 0.25) is 0 Å². The molecule has 0 spiro atoms. The van der Waals surface area contributed by atoms with Crippen LogP contribution in [0, 0.1) is 6.92 Å². The van der Waals surface area contributed by atoms with Gasteiger partial charge in [0.1, 0.15) is 29.8 Å². The molecule has 4 rings (SSSR count). The molecule has 6 nitrogen and oxygen atoms in total. The predicted molar refractivity (Wildman–Crippen MR) is 119 cm³/mol. The van der Waals surface area contributed by atoms with Crippen molar-refractivity contribution in [1.29, 1.82) is 0 Å². The van der Waals surface area contributed by atoms with E-state index >= 15 is 0 Å². The van der Waals surface area contributed by atoms with Crippen LogP contribution in [-0.2, 0) is 13.2 Å². The summed E-state index contributed by atoms with van der Waals surface area (Å²) in [5, 5.41) is 6.62. The van der Waals surface area contributed by atoms with Gasteiger partial charge in [0.15, 0.2) is 0 Å². The van der Waals surface area contributed by atoms with Crippen LogP contribution in [0.5, 0.6) is 5.75 Å². The molecule has 6 heteroatoms. The molecule has 0 radical (unpaired) electrons. The highest BCUT2D eigenvalue weighted by Crippen LogP contribution is 2.21. The van der Waals surface area contributed by atoms with Crippen molar-refractivity contribution in [2.45, 2.75) is 20.1 Å². The summed E-state index contributed by atoms with van der Waals surface area (Å²) in [6.45, 7) is 3.02. The zero-order valence-electron chi connectivity index (χ0n) is 16.7. The van der Waals surface area contributed by atoms with E-state index in [1.165, 1.54) is 0 Å². The second-order valence-corrected chi connectivity index (χ2v) is 6.78. The summed E-state index contributed by atoms with van der Waals surface area (Å²) in [6.07, 6.45) is 1.78. The summed E-state index contributed by atoms with van der Waals surface area (Å²) in [5.41, 5.74) is 3.02. The van der Waals surface area contributed by atoms with E-state index in [2.05, 4.69) is 25.6 Å². The maximum absolute atomic E-state index is 5.84. The van der Waals surface area contributed by atoms with Gasteiger partial charge in [-0.2, -0.15) is 0 Å². The number of pyridine rings is 1. The van der Waals surface area contributed by atoms with E-state index in [0.717, 1.165) is 34.3 Å². The zero-order valence-corrected chi connectivity index (χ0v) is 16.7. The Labute approximate surface area is 176 Å². The largest absolute Gasteiger partial charge is 0.489 e. The molecule has 2 aromatic heterocycles. The van der Waals surface area contributed by atoms with Crippen LogP contribution in [0.2, 0.25) is 0 Å². The Bertz CT molecular complexity index is 1070. The minimum atomic E-state index is 0.546. The maximum atomic E-state index is 5.84. The lowest BCUT2D eigenvalue weighted by atomic mass is 10.2. The molecule has 0 saturated carbocycles. The quantitative estimate of drug-likeness (QED) is 0.430. The fraction of sp³-hybridized carbons (Fsp3) is 0.125. The van der Waals surface area contributed by atoms with Crippen molar-refractivity contribution in [2.75, 3.05) is 10.6 Å². The lowest BCUT2D eigenvalue weighted by Gasteiger charge is -2.11. The Morgan fingerprint density at radius 3 is 2.37 bits per heavy atom. The number of rotatable bonds is 8. The van der Waals surface area contributed by atoms with Gasteiger partial charge < -0.3 is 15.4 Å². The number of ether oxygens (including phenoxy) is 1. The van der Waals surface area contributed by atoms with Crippen molar-refractivity contribution in [3.63, 3.8) is 0 Å². The van der Waals surface area contributed by atoms with Crippen molar-refractivity contribution in [2.24, 2.45) is 0 Å². The van der Waals surface area contributed by atoms with E-state index in [1.54, 1.807) is 6.20 Å². The summed E-state index contributed by atoms with van der Waals surface area (Å²) in [4.78, 5) is 13.2. The van der Waals surface area contributed by atoms with Gasteiger partial charge >= 0.3 is 0 Å². The van der Waals surface area contributed by atoms with Crippen molar-refractivity contribution in [3.8, 4) is 5.75 Å². The third-order valence-electron chi connectivity index (χ3n) is 4.39. The standard InChI is InChI=1S/C24H23N5O/c1-18-27-23(26-16-21-9-5-6-14-25-21)15-24(28-18)29-20-10-12-22(13-11-20)30-17-19-7-3-2-4-8-19/h2-15H,16-17H2,1H3,(H2,26,27,28,29). The molecule has 2 heterocycles. The normalized spacial score (nSPS) is 10.4. The molecule has 0 aliphatic heterocycles. The molecule has 0 atom stereocenters. The summed E-state index contributed by atoms with van der Waals surface area (Å²) in [7, 11) is 0. The Morgan fingerprint density at radius 1 is 0.833 bits per heavy atom. The molecular formula is C24H23N5O. The molecule has 0 bridgehead atoms. The van der Waals surface area contributed by atoms with E-state index in [1.807, 2.05) is 85.8 Å². The summed E-state index contributed by atoms with van der Waals surface area (Å²) >= 11 is 0. The number of nitrogens with one attached hydrogen (secondary N) is 2. The summed E-state index contributed by atoms with van der Waals surface area (Å²) < 4.78 is 5.84. The first kappa shape index (κ1) is 19.4. The monoisotopic (exact) mass is 397 g/mol. The number of nitrogens with zero attached hydrogens (tertiary/aromatic N) is 3. The van der Waals surface area contributed by atoms with Gasteiger partial charge in [-0.05, 0) is 48.9 Å². The first-order chi connectivity index (χ1) is 14.7. The van der Waals surface area contributed by atoms with Gasteiger partial charge in [-0.15, -0.1) is 0 Å². The van der Waals surface area contributed by atoms with Crippen molar-refractivity contribution in [1.82, 2.24) is 15.0 Å². The smallest absolute Gasteiger partial charge is 0.136 e. The number of aryl methyl sites for hydroxylation is 1. The van der Waals surface area contributed by atoms with Crippen LogP contribution in [0.1, 0.15) is 17.1 Å². The van der Waals surface area contributed by atoms with Crippen LogP contribution in [-0.4, -0.2) is 15.0 Å². The fourth-order valence-corrected chi connectivity index (χ4v) is 2.93. The Hall–Kier alpha value is -3.93. The van der Waals surface area contributed by atoms with Crippen LogP contribution in [0.15, 0.2) is 85.1 Å². The second kappa shape index (κ2) is 9.52. The highest BCUT2D eigenvalue weighted by atomic mass is 16.5. The van der Waals surface area contributed by atoms with E-state index < -0.39 is 0 Å². The molecule has 30 heavy (non-hydrogen) atoms. The molecule has 0 aliphatic carbocycles. The predicted octanol–water partition coefficient (Wildman–Crippen LogP) is 5.11. The van der Waals surface area contributed by atoms with Crippen LogP contribution in [0.4, 0.5) is 17.3 Å². The van der Waals surface area contributed by atoms with Gasteiger partial charge in [0.25, 0.3) is 0 Å². The number of aromatic nitrogens is 3. The Kier molecular flexibility index (Phi) is 6.15. The molecule has 150 valence electrons. The highest BCUT2D eigenvalue weighted by Gasteiger charge is 2.04. The highest BCUT2D eigenvalue weighted by molar-refractivity contribution is 5.60. The third kappa shape index (κ3) is 5.54. The second-order valence-electron chi connectivity index (χ2n) is 6.78. The molecule has 0 fully saturated rings. The summed E-state index contributed by atoms with van der Waals surface area (Å²) in [6, 6.07) is 25.7. The Morgan fingerprint density at radius 2 is 1.60 bits per heavy atom.